The lowest BCUT2D eigenvalue weighted by molar-refractivity contribution is 0.464. The van der Waals surface area contributed by atoms with Gasteiger partial charge in [0.1, 0.15) is 5.76 Å². The molecule has 1 heterocycles. The van der Waals surface area contributed by atoms with Crippen LogP contribution in [-0.4, -0.2) is 0 Å². The number of furan rings is 1. The van der Waals surface area contributed by atoms with E-state index in [2.05, 4.69) is 22.0 Å². The summed E-state index contributed by atoms with van der Waals surface area (Å²) >= 11 is 3.50. The molecular weight excluding hydrogens is 254 g/mol. The standard InChI is InChI=1S/C12H12BrNO/c13-10-5-2-1-4-9(10)8-11(14)12-6-3-7-15-12/h1-7,11H,8,14H2. The topological polar surface area (TPSA) is 39.2 Å². The molecule has 1 aromatic heterocycles. The lowest BCUT2D eigenvalue weighted by atomic mass is 10.1. The van der Waals surface area contributed by atoms with Gasteiger partial charge in [-0.2, -0.15) is 0 Å². The Morgan fingerprint density at radius 1 is 1.20 bits per heavy atom. The van der Waals surface area contributed by atoms with Gasteiger partial charge in [-0.3, -0.25) is 0 Å². The van der Waals surface area contributed by atoms with Crippen molar-refractivity contribution in [1.29, 1.82) is 0 Å². The van der Waals surface area contributed by atoms with E-state index in [1.165, 1.54) is 5.56 Å². The fraction of sp³-hybridized carbons (Fsp3) is 0.167. The molecule has 2 nitrogen and oxygen atoms in total. The van der Waals surface area contributed by atoms with Crippen LogP contribution in [-0.2, 0) is 6.42 Å². The van der Waals surface area contributed by atoms with Gasteiger partial charge in [-0.15, -0.1) is 0 Å². The minimum absolute atomic E-state index is 0.0845. The van der Waals surface area contributed by atoms with E-state index in [1.807, 2.05) is 30.3 Å². The lowest BCUT2D eigenvalue weighted by Gasteiger charge is -2.09. The van der Waals surface area contributed by atoms with Crippen LogP contribution in [0.15, 0.2) is 51.6 Å². The van der Waals surface area contributed by atoms with Crippen LogP contribution in [0.3, 0.4) is 0 Å². The first kappa shape index (κ1) is 10.5. The van der Waals surface area contributed by atoms with E-state index < -0.39 is 0 Å². The van der Waals surface area contributed by atoms with Crippen LogP contribution in [0.2, 0.25) is 0 Å². The summed E-state index contributed by atoms with van der Waals surface area (Å²) in [5.74, 6) is 0.825. The Balaban J connectivity index is 2.13. The molecule has 0 fully saturated rings. The first-order valence-corrected chi connectivity index (χ1v) is 5.59. The maximum absolute atomic E-state index is 6.03. The smallest absolute Gasteiger partial charge is 0.120 e. The van der Waals surface area contributed by atoms with E-state index in [4.69, 9.17) is 10.2 Å². The van der Waals surface area contributed by atoms with E-state index in [0.29, 0.717) is 0 Å². The third-order valence-electron chi connectivity index (χ3n) is 2.31. The first-order valence-electron chi connectivity index (χ1n) is 4.80. The molecule has 0 aliphatic rings. The van der Waals surface area contributed by atoms with Crippen molar-refractivity contribution >= 4 is 15.9 Å². The van der Waals surface area contributed by atoms with Crippen LogP contribution in [0.25, 0.3) is 0 Å². The van der Waals surface area contributed by atoms with Crippen molar-refractivity contribution in [2.75, 3.05) is 0 Å². The van der Waals surface area contributed by atoms with Crippen molar-refractivity contribution in [3.05, 3.63) is 58.5 Å². The monoisotopic (exact) mass is 265 g/mol. The molecule has 0 bridgehead atoms. The number of benzene rings is 1. The number of nitrogens with two attached hydrogens (primary N) is 1. The summed E-state index contributed by atoms with van der Waals surface area (Å²) < 4.78 is 6.36. The quantitative estimate of drug-likeness (QED) is 0.925. The second-order valence-electron chi connectivity index (χ2n) is 3.42. The summed E-state index contributed by atoms with van der Waals surface area (Å²) in [6, 6.07) is 11.8. The highest BCUT2D eigenvalue weighted by atomic mass is 79.9. The predicted octanol–water partition coefficient (Wildman–Crippen LogP) is 3.28. The first-order chi connectivity index (χ1) is 7.27. The van der Waals surface area contributed by atoms with E-state index in [-0.39, 0.29) is 6.04 Å². The van der Waals surface area contributed by atoms with Crippen molar-refractivity contribution in [3.63, 3.8) is 0 Å². The Morgan fingerprint density at radius 2 is 2.00 bits per heavy atom. The second kappa shape index (κ2) is 4.64. The van der Waals surface area contributed by atoms with Gasteiger partial charge >= 0.3 is 0 Å². The number of hydrogen-bond acceptors (Lipinski definition) is 2. The third kappa shape index (κ3) is 2.49. The van der Waals surface area contributed by atoms with Gasteiger partial charge in [0.05, 0.1) is 12.3 Å². The summed E-state index contributed by atoms with van der Waals surface area (Å²) in [6.07, 6.45) is 2.42. The highest BCUT2D eigenvalue weighted by Gasteiger charge is 2.10. The summed E-state index contributed by atoms with van der Waals surface area (Å²) in [5.41, 5.74) is 7.22. The van der Waals surface area contributed by atoms with Crippen molar-refractivity contribution < 1.29 is 4.42 Å². The second-order valence-corrected chi connectivity index (χ2v) is 4.27. The molecule has 0 spiro atoms. The Bertz CT molecular complexity index is 425. The van der Waals surface area contributed by atoms with Gasteiger partial charge < -0.3 is 10.2 Å². The molecule has 1 aromatic carbocycles. The zero-order valence-corrected chi connectivity index (χ0v) is 9.78. The van der Waals surface area contributed by atoms with Gasteiger partial charge in [0.25, 0.3) is 0 Å². The zero-order chi connectivity index (χ0) is 10.7. The highest BCUT2D eigenvalue weighted by Crippen LogP contribution is 2.22. The number of hydrogen-bond donors (Lipinski definition) is 1. The molecule has 2 rings (SSSR count). The van der Waals surface area contributed by atoms with Gasteiger partial charge in [-0.05, 0) is 30.2 Å². The summed E-state index contributed by atoms with van der Waals surface area (Å²) in [5, 5.41) is 0. The van der Waals surface area contributed by atoms with Crippen molar-refractivity contribution in [1.82, 2.24) is 0 Å². The summed E-state index contributed by atoms with van der Waals surface area (Å²) in [7, 11) is 0. The van der Waals surface area contributed by atoms with Crippen molar-refractivity contribution in [2.24, 2.45) is 5.73 Å². The molecule has 1 unspecified atom stereocenters. The largest absolute Gasteiger partial charge is 0.468 e. The van der Waals surface area contributed by atoms with Crippen LogP contribution in [0, 0.1) is 0 Å². The molecule has 0 radical (unpaired) electrons. The van der Waals surface area contributed by atoms with Crippen molar-refractivity contribution in [2.45, 2.75) is 12.5 Å². The minimum Gasteiger partial charge on any atom is -0.468 e. The van der Waals surface area contributed by atoms with Crippen LogP contribution in [0.5, 0.6) is 0 Å². The fourth-order valence-electron chi connectivity index (χ4n) is 1.50. The number of rotatable bonds is 3. The van der Waals surface area contributed by atoms with Gasteiger partial charge in [0, 0.05) is 4.47 Å². The minimum atomic E-state index is -0.0845. The lowest BCUT2D eigenvalue weighted by Crippen LogP contribution is -2.12. The van der Waals surface area contributed by atoms with E-state index in [1.54, 1.807) is 6.26 Å². The third-order valence-corrected chi connectivity index (χ3v) is 3.08. The molecule has 0 aliphatic carbocycles. The van der Waals surface area contributed by atoms with Gasteiger partial charge in [0.15, 0.2) is 0 Å². The Hall–Kier alpha value is -1.06. The van der Waals surface area contributed by atoms with Crippen LogP contribution in [0.4, 0.5) is 0 Å². The molecule has 0 aliphatic heterocycles. The molecule has 0 saturated heterocycles. The molecule has 0 saturated carbocycles. The maximum Gasteiger partial charge on any atom is 0.120 e. The van der Waals surface area contributed by atoms with Gasteiger partial charge in [0.2, 0.25) is 0 Å². The molecule has 1 atom stereocenters. The Kier molecular flexibility index (Phi) is 3.23. The Labute approximate surface area is 97.2 Å². The van der Waals surface area contributed by atoms with Gasteiger partial charge in [-0.25, -0.2) is 0 Å². The van der Waals surface area contributed by atoms with Crippen LogP contribution in [0.1, 0.15) is 17.4 Å². The Morgan fingerprint density at radius 3 is 2.67 bits per heavy atom. The highest BCUT2D eigenvalue weighted by molar-refractivity contribution is 9.10. The van der Waals surface area contributed by atoms with Crippen molar-refractivity contribution in [3.8, 4) is 0 Å². The molecule has 0 amide bonds. The number of halogens is 1. The fourth-order valence-corrected chi connectivity index (χ4v) is 1.95. The normalized spacial score (nSPS) is 12.7. The SMILES string of the molecule is NC(Cc1ccccc1Br)c1ccco1. The molecule has 15 heavy (non-hydrogen) atoms. The molecule has 78 valence electrons. The molecule has 2 aromatic rings. The summed E-state index contributed by atoms with van der Waals surface area (Å²) in [6.45, 7) is 0. The van der Waals surface area contributed by atoms with Crippen LogP contribution < -0.4 is 5.73 Å². The average Bonchev–Trinajstić information content (AvgIpc) is 2.74. The van der Waals surface area contributed by atoms with E-state index in [9.17, 15) is 0 Å². The van der Waals surface area contributed by atoms with Crippen LogP contribution >= 0.6 is 15.9 Å². The molecule has 2 N–H and O–H groups in total. The zero-order valence-electron chi connectivity index (χ0n) is 8.19. The average molecular weight is 266 g/mol. The van der Waals surface area contributed by atoms with E-state index >= 15 is 0 Å². The summed E-state index contributed by atoms with van der Waals surface area (Å²) in [4.78, 5) is 0. The van der Waals surface area contributed by atoms with E-state index in [0.717, 1.165) is 16.7 Å². The van der Waals surface area contributed by atoms with Gasteiger partial charge in [-0.1, -0.05) is 34.1 Å². The molecular formula is C12H12BrNO. The predicted molar refractivity (Wildman–Crippen MR) is 63.5 cm³/mol. The molecule has 3 heteroatoms. The maximum atomic E-state index is 6.03.